The van der Waals surface area contributed by atoms with Gasteiger partial charge in [-0.25, -0.2) is 0 Å². The minimum Gasteiger partial charge on any atom is -0.455 e. The number of furan rings is 1. The first-order valence-corrected chi connectivity index (χ1v) is 22.6. The minimum atomic E-state index is -0.163. The van der Waals surface area contributed by atoms with Crippen molar-refractivity contribution in [2.75, 3.05) is 4.90 Å². The fourth-order valence-electron chi connectivity index (χ4n) is 11.0. The molecule has 1 heterocycles. The van der Waals surface area contributed by atoms with Crippen LogP contribution in [0.15, 0.2) is 229 Å². The molecule has 0 unspecified atom stereocenters. The molecule has 0 radical (unpaired) electrons. The lowest BCUT2D eigenvalue weighted by Gasteiger charge is -2.30. The maximum atomic E-state index is 6.95. The van der Waals surface area contributed by atoms with E-state index in [9.17, 15) is 0 Å². The Bertz CT molecular complexity index is 3990. The van der Waals surface area contributed by atoms with E-state index in [4.69, 9.17) is 4.42 Å². The zero-order valence-corrected chi connectivity index (χ0v) is 36.2. The zero-order chi connectivity index (χ0) is 43.2. The Labute approximate surface area is 377 Å². The first-order chi connectivity index (χ1) is 32.0. The second-order valence-electron chi connectivity index (χ2n) is 17.9. The van der Waals surface area contributed by atoms with Crippen LogP contribution in [0.3, 0.4) is 0 Å². The number of anilines is 3. The summed E-state index contributed by atoms with van der Waals surface area (Å²) in [5.74, 6) is 0. The van der Waals surface area contributed by atoms with Crippen molar-refractivity contribution < 1.29 is 4.42 Å². The van der Waals surface area contributed by atoms with E-state index >= 15 is 0 Å². The van der Waals surface area contributed by atoms with Crippen molar-refractivity contribution in [2.45, 2.75) is 19.3 Å². The molecule has 65 heavy (non-hydrogen) atoms. The molecule has 0 amide bonds. The molecule has 0 aliphatic heterocycles. The van der Waals surface area contributed by atoms with E-state index in [-0.39, 0.29) is 5.41 Å². The molecule has 11 aromatic carbocycles. The highest BCUT2D eigenvalue weighted by Gasteiger charge is 2.36. The minimum absolute atomic E-state index is 0.163. The Balaban J connectivity index is 1.20. The van der Waals surface area contributed by atoms with Crippen LogP contribution in [0.1, 0.15) is 25.0 Å². The van der Waals surface area contributed by atoms with Gasteiger partial charge in [-0.15, -0.1) is 0 Å². The molecular weight excluding hydrogens is 787 g/mol. The summed E-state index contributed by atoms with van der Waals surface area (Å²) >= 11 is 0. The quantitative estimate of drug-likeness (QED) is 0.176. The molecule has 2 heteroatoms. The van der Waals surface area contributed by atoms with E-state index in [1.54, 1.807) is 0 Å². The summed E-state index contributed by atoms with van der Waals surface area (Å²) in [6, 6.07) is 82.5. The maximum absolute atomic E-state index is 6.95. The molecule has 0 saturated heterocycles. The van der Waals surface area contributed by atoms with Crippen molar-refractivity contribution in [3.63, 3.8) is 0 Å². The number of rotatable bonds is 4. The van der Waals surface area contributed by atoms with E-state index in [1.165, 1.54) is 60.3 Å². The normalized spacial score (nSPS) is 12.9. The van der Waals surface area contributed by atoms with Gasteiger partial charge in [-0.1, -0.05) is 196 Å². The Morgan fingerprint density at radius 3 is 1.55 bits per heavy atom. The highest BCUT2D eigenvalue weighted by Crippen LogP contribution is 2.52. The van der Waals surface area contributed by atoms with Gasteiger partial charge in [0.15, 0.2) is 0 Å². The molecule has 0 fully saturated rings. The summed E-state index contributed by atoms with van der Waals surface area (Å²) in [6.07, 6.45) is 0. The van der Waals surface area contributed by atoms with Gasteiger partial charge in [0.1, 0.15) is 11.2 Å². The SMILES string of the molecule is CC1(C)c2ccccc2-c2ccc(N(c3ccc4c(c3)c3ccccc3c3ccccc3c3ccccc3c3c4ccc4c5ccccc5oc43)c3ccccc3-c3ccccc3)cc21. The number of hydrogen-bond donors (Lipinski definition) is 0. The van der Waals surface area contributed by atoms with Crippen LogP contribution in [0.4, 0.5) is 17.1 Å². The van der Waals surface area contributed by atoms with Gasteiger partial charge in [-0.05, 0) is 119 Å². The molecule has 0 atom stereocenters. The first-order valence-electron chi connectivity index (χ1n) is 22.6. The zero-order valence-electron chi connectivity index (χ0n) is 36.2. The second kappa shape index (κ2) is 14.4. The van der Waals surface area contributed by atoms with E-state index in [0.717, 1.165) is 65.9 Å². The van der Waals surface area contributed by atoms with Gasteiger partial charge in [0.2, 0.25) is 0 Å². The van der Waals surface area contributed by atoms with Crippen LogP contribution in [-0.2, 0) is 5.41 Å². The Hall–Kier alpha value is -8.20. The highest BCUT2D eigenvalue weighted by molar-refractivity contribution is 6.31. The summed E-state index contributed by atoms with van der Waals surface area (Å²) < 4.78 is 6.95. The number of benzene rings is 10. The van der Waals surface area contributed by atoms with Gasteiger partial charge in [0, 0.05) is 38.5 Å². The van der Waals surface area contributed by atoms with Crippen LogP contribution in [0.5, 0.6) is 0 Å². The third kappa shape index (κ3) is 5.67. The summed E-state index contributed by atoms with van der Waals surface area (Å²) in [5.41, 5.74) is 12.6. The molecule has 1 aromatic heterocycles. The van der Waals surface area contributed by atoms with Gasteiger partial charge in [-0.2, -0.15) is 0 Å². The van der Waals surface area contributed by atoms with Gasteiger partial charge in [0.25, 0.3) is 0 Å². The lowest BCUT2D eigenvalue weighted by molar-refractivity contribution is 0.660. The predicted octanol–water partition coefficient (Wildman–Crippen LogP) is 17.9. The fourth-order valence-corrected chi connectivity index (χ4v) is 11.0. The molecule has 13 rings (SSSR count). The molecule has 0 N–H and O–H groups in total. The second-order valence-corrected chi connectivity index (χ2v) is 17.9. The topological polar surface area (TPSA) is 16.4 Å². The van der Waals surface area contributed by atoms with Crippen LogP contribution >= 0.6 is 0 Å². The van der Waals surface area contributed by atoms with Gasteiger partial charge in [0.05, 0.1) is 5.69 Å². The van der Waals surface area contributed by atoms with Gasteiger partial charge >= 0.3 is 0 Å². The van der Waals surface area contributed by atoms with Crippen molar-refractivity contribution in [1.29, 1.82) is 0 Å². The average molecular weight is 830 g/mol. The van der Waals surface area contributed by atoms with E-state index in [0.29, 0.717) is 0 Å². The third-order valence-corrected chi connectivity index (χ3v) is 14.1. The van der Waals surface area contributed by atoms with Crippen LogP contribution in [-0.4, -0.2) is 0 Å². The predicted molar refractivity (Wildman–Crippen MR) is 277 cm³/mol. The molecule has 0 bridgehead atoms. The molecule has 12 aromatic rings. The summed E-state index contributed by atoms with van der Waals surface area (Å²) in [7, 11) is 0. The Kier molecular flexibility index (Phi) is 8.29. The monoisotopic (exact) mass is 829 g/mol. The highest BCUT2D eigenvalue weighted by atomic mass is 16.3. The summed E-state index contributed by atoms with van der Waals surface area (Å²) in [5, 5.41) is 13.8. The lowest BCUT2D eigenvalue weighted by Crippen LogP contribution is -2.16. The molecular formula is C63H43NO. The molecule has 1 aliphatic rings. The van der Waals surface area contributed by atoms with Gasteiger partial charge in [-0.3, -0.25) is 0 Å². The molecule has 1 aliphatic carbocycles. The average Bonchev–Trinajstić information content (AvgIpc) is 3.85. The maximum Gasteiger partial charge on any atom is 0.143 e. The number of nitrogens with zero attached hydrogens (tertiary/aromatic N) is 1. The van der Waals surface area contributed by atoms with Crippen molar-refractivity contribution in [2.24, 2.45) is 0 Å². The molecule has 306 valence electrons. The van der Waals surface area contributed by atoms with E-state index < -0.39 is 0 Å². The number of para-hydroxylation sites is 2. The molecule has 0 saturated carbocycles. The summed E-state index contributed by atoms with van der Waals surface area (Å²) in [4.78, 5) is 2.48. The fraction of sp³-hybridized carbons (Fsp3) is 0.0476. The smallest absolute Gasteiger partial charge is 0.143 e. The Morgan fingerprint density at radius 2 is 0.815 bits per heavy atom. The Morgan fingerprint density at radius 1 is 0.338 bits per heavy atom. The molecule has 2 nitrogen and oxygen atoms in total. The van der Waals surface area contributed by atoms with Crippen molar-refractivity contribution >= 4 is 92.9 Å². The lowest BCUT2D eigenvalue weighted by atomic mass is 9.82. The van der Waals surface area contributed by atoms with E-state index in [2.05, 4.69) is 243 Å². The van der Waals surface area contributed by atoms with Crippen LogP contribution in [0.2, 0.25) is 0 Å². The standard InChI is InChI=1S/C63H43NO/c1-63(2)57-29-15-12-26-50(57)51-35-33-42(39-58(51)63)64(59-30-16-13-20-43(59)40-18-4-3-5-19-40)41-32-34-49-54-36-37-55-52-27-14-17-31-60(52)65-62(55)61(54)53-28-11-10-24-47(53)45-22-7-6-21-44(45)46-23-8-9-25-48(46)56(49)38-41/h3-39H,1-2H3. The van der Waals surface area contributed by atoms with Crippen LogP contribution < -0.4 is 4.90 Å². The number of hydrogen-bond acceptors (Lipinski definition) is 2. The van der Waals surface area contributed by atoms with Crippen molar-refractivity contribution in [3.8, 4) is 22.3 Å². The third-order valence-electron chi connectivity index (χ3n) is 14.1. The summed E-state index contributed by atoms with van der Waals surface area (Å²) in [6.45, 7) is 4.73. The van der Waals surface area contributed by atoms with E-state index in [1.807, 2.05) is 0 Å². The first kappa shape index (κ1) is 37.4. The molecule has 0 spiro atoms. The largest absolute Gasteiger partial charge is 0.455 e. The number of fused-ring (bicyclic) bond motifs is 17. The van der Waals surface area contributed by atoms with Gasteiger partial charge < -0.3 is 9.32 Å². The van der Waals surface area contributed by atoms with Crippen molar-refractivity contribution in [3.05, 3.63) is 236 Å². The van der Waals surface area contributed by atoms with Crippen molar-refractivity contribution in [1.82, 2.24) is 0 Å². The van der Waals surface area contributed by atoms with Crippen LogP contribution in [0.25, 0.3) is 98.1 Å². The van der Waals surface area contributed by atoms with Crippen LogP contribution in [0, 0.1) is 0 Å².